The molecule has 1 aromatic rings. The third kappa shape index (κ3) is 3.22. The number of aryl methyl sites for hydroxylation is 2. The number of nitrogen functional groups attached to an aromatic ring is 1. The van der Waals surface area contributed by atoms with Gasteiger partial charge in [0, 0.05) is 17.5 Å². The molecule has 1 fully saturated rings. The molecule has 1 saturated heterocycles. The fourth-order valence-corrected chi connectivity index (χ4v) is 5.34. The zero-order valence-electron chi connectivity index (χ0n) is 11.1. The highest BCUT2D eigenvalue weighted by molar-refractivity contribution is 7.99. The number of nitrogens with one attached hydrogen (secondary N) is 2. The van der Waals surface area contributed by atoms with E-state index in [0.717, 1.165) is 17.9 Å². The zero-order valence-corrected chi connectivity index (χ0v) is 12.7. The summed E-state index contributed by atoms with van der Waals surface area (Å²) in [6, 6.07) is 3.52. The maximum atomic E-state index is 12.5. The molecule has 2 rings (SSSR count). The molecule has 1 unspecified atom stereocenters. The largest absolute Gasteiger partial charge is 0.324 e. The van der Waals surface area contributed by atoms with Crippen molar-refractivity contribution in [2.45, 2.75) is 31.2 Å². The SMILES string of the molecule is Cc1cc(NN)cc(C)c1S(=O)(=O)NC1CCSC1. The fraction of sp³-hybridized carbons (Fsp3) is 0.500. The first-order valence-corrected chi connectivity index (χ1v) is 8.76. The predicted molar refractivity (Wildman–Crippen MR) is 79.8 cm³/mol. The molecular weight excluding hydrogens is 282 g/mol. The summed E-state index contributed by atoms with van der Waals surface area (Å²) in [6.45, 7) is 3.57. The predicted octanol–water partition coefficient (Wildman–Crippen LogP) is 1.37. The van der Waals surface area contributed by atoms with Crippen LogP contribution >= 0.6 is 11.8 Å². The smallest absolute Gasteiger partial charge is 0.241 e. The van der Waals surface area contributed by atoms with Gasteiger partial charge in [0.05, 0.1) is 4.90 Å². The van der Waals surface area contributed by atoms with Gasteiger partial charge in [-0.25, -0.2) is 13.1 Å². The molecule has 0 radical (unpaired) electrons. The van der Waals surface area contributed by atoms with E-state index >= 15 is 0 Å². The van der Waals surface area contributed by atoms with Crippen molar-refractivity contribution in [1.29, 1.82) is 0 Å². The Morgan fingerprint density at radius 2 is 1.95 bits per heavy atom. The number of benzene rings is 1. The molecule has 1 aliphatic rings. The quantitative estimate of drug-likeness (QED) is 0.578. The molecule has 1 aromatic carbocycles. The van der Waals surface area contributed by atoms with Crippen molar-refractivity contribution >= 4 is 27.5 Å². The summed E-state index contributed by atoms with van der Waals surface area (Å²) in [5.74, 6) is 7.22. The van der Waals surface area contributed by atoms with Gasteiger partial charge in [-0.1, -0.05) is 0 Å². The molecule has 5 nitrogen and oxygen atoms in total. The summed E-state index contributed by atoms with van der Waals surface area (Å²) < 4.78 is 27.7. The molecule has 4 N–H and O–H groups in total. The van der Waals surface area contributed by atoms with Crippen LogP contribution < -0.4 is 16.0 Å². The summed E-state index contributed by atoms with van der Waals surface area (Å²) in [7, 11) is -3.46. The van der Waals surface area contributed by atoms with E-state index in [0.29, 0.717) is 21.7 Å². The lowest BCUT2D eigenvalue weighted by Crippen LogP contribution is -2.35. The number of hydrogen-bond acceptors (Lipinski definition) is 5. The highest BCUT2D eigenvalue weighted by Gasteiger charge is 2.26. The van der Waals surface area contributed by atoms with Gasteiger partial charge in [-0.05, 0) is 49.3 Å². The lowest BCUT2D eigenvalue weighted by Gasteiger charge is -2.16. The minimum atomic E-state index is -3.46. The Morgan fingerprint density at radius 3 is 2.42 bits per heavy atom. The number of thioether (sulfide) groups is 1. The van der Waals surface area contributed by atoms with Crippen molar-refractivity contribution in [2.75, 3.05) is 16.9 Å². The van der Waals surface area contributed by atoms with Crippen molar-refractivity contribution in [1.82, 2.24) is 4.72 Å². The maximum Gasteiger partial charge on any atom is 0.241 e. The Bertz CT molecular complexity index is 543. The lowest BCUT2D eigenvalue weighted by molar-refractivity contribution is 0.562. The molecule has 0 aliphatic carbocycles. The molecule has 19 heavy (non-hydrogen) atoms. The zero-order chi connectivity index (χ0) is 14.0. The maximum absolute atomic E-state index is 12.5. The Labute approximate surface area is 118 Å². The van der Waals surface area contributed by atoms with E-state index in [1.807, 2.05) is 0 Å². The van der Waals surface area contributed by atoms with Crippen LogP contribution in [0, 0.1) is 13.8 Å². The van der Waals surface area contributed by atoms with Crippen LogP contribution in [0.4, 0.5) is 5.69 Å². The monoisotopic (exact) mass is 301 g/mol. The average molecular weight is 301 g/mol. The van der Waals surface area contributed by atoms with Gasteiger partial charge < -0.3 is 5.43 Å². The Morgan fingerprint density at radius 1 is 1.32 bits per heavy atom. The average Bonchev–Trinajstić information content (AvgIpc) is 2.79. The Kier molecular flexibility index (Phi) is 4.39. The van der Waals surface area contributed by atoms with Crippen LogP contribution in [-0.4, -0.2) is 26.0 Å². The number of anilines is 1. The molecule has 1 atom stereocenters. The van der Waals surface area contributed by atoms with E-state index in [-0.39, 0.29) is 6.04 Å². The summed E-state index contributed by atoms with van der Waals surface area (Å²) in [6.07, 6.45) is 0.893. The standard InChI is InChI=1S/C12H19N3O2S2/c1-8-5-11(14-13)6-9(2)12(8)19(16,17)15-10-3-4-18-7-10/h5-6,10,14-15H,3-4,7,13H2,1-2H3. The van der Waals surface area contributed by atoms with Gasteiger partial charge in [0.15, 0.2) is 0 Å². The van der Waals surface area contributed by atoms with Crippen LogP contribution in [0.2, 0.25) is 0 Å². The Balaban J connectivity index is 2.34. The molecule has 7 heteroatoms. The lowest BCUT2D eigenvalue weighted by atomic mass is 10.1. The molecule has 1 heterocycles. The van der Waals surface area contributed by atoms with Gasteiger partial charge in [-0.15, -0.1) is 0 Å². The third-order valence-corrected chi connectivity index (χ3v) is 6.13. The van der Waals surface area contributed by atoms with Crippen LogP contribution in [-0.2, 0) is 10.0 Å². The van der Waals surface area contributed by atoms with Gasteiger partial charge in [0.25, 0.3) is 0 Å². The van der Waals surface area contributed by atoms with Gasteiger partial charge >= 0.3 is 0 Å². The second-order valence-electron chi connectivity index (χ2n) is 4.77. The first-order valence-electron chi connectivity index (χ1n) is 6.12. The van der Waals surface area contributed by atoms with E-state index in [9.17, 15) is 8.42 Å². The topological polar surface area (TPSA) is 84.2 Å². The molecule has 0 amide bonds. The molecule has 0 spiro atoms. The second-order valence-corrected chi connectivity index (χ2v) is 7.57. The summed E-state index contributed by atoms with van der Waals surface area (Å²) in [5, 5.41) is 0. The molecule has 0 aromatic heterocycles. The van der Waals surface area contributed by atoms with Gasteiger partial charge in [-0.3, -0.25) is 5.84 Å². The number of nitrogens with two attached hydrogens (primary N) is 1. The molecule has 0 bridgehead atoms. The number of hydrogen-bond donors (Lipinski definition) is 3. The van der Waals surface area contributed by atoms with Crippen LogP contribution in [0.3, 0.4) is 0 Å². The first-order chi connectivity index (χ1) is 8.94. The van der Waals surface area contributed by atoms with E-state index < -0.39 is 10.0 Å². The van der Waals surface area contributed by atoms with Crippen molar-refractivity contribution in [3.05, 3.63) is 23.3 Å². The number of sulfonamides is 1. The molecule has 1 aliphatic heterocycles. The summed E-state index contributed by atoms with van der Waals surface area (Å²) >= 11 is 1.78. The van der Waals surface area contributed by atoms with E-state index in [1.54, 1.807) is 37.7 Å². The number of rotatable bonds is 4. The van der Waals surface area contributed by atoms with E-state index in [4.69, 9.17) is 5.84 Å². The normalized spacial score (nSPS) is 19.6. The van der Waals surface area contributed by atoms with Gasteiger partial charge in [-0.2, -0.15) is 11.8 Å². The number of hydrazine groups is 1. The van der Waals surface area contributed by atoms with E-state index in [2.05, 4.69) is 10.1 Å². The Hall–Kier alpha value is -0.760. The molecular formula is C12H19N3O2S2. The summed E-state index contributed by atoms with van der Waals surface area (Å²) in [4.78, 5) is 0.364. The third-order valence-electron chi connectivity index (χ3n) is 3.15. The van der Waals surface area contributed by atoms with Crippen LogP contribution in [0.15, 0.2) is 17.0 Å². The van der Waals surface area contributed by atoms with Gasteiger partial charge in [0.1, 0.15) is 0 Å². The van der Waals surface area contributed by atoms with Crippen molar-refractivity contribution in [3.8, 4) is 0 Å². The molecule has 0 saturated carbocycles. The van der Waals surface area contributed by atoms with Crippen LogP contribution in [0.25, 0.3) is 0 Å². The minimum Gasteiger partial charge on any atom is -0.324 e. The van der Waals surface area contributed by atoms with Crippen molar-refractivity contribution < 1.29 is 8.42 Å². The highest BCUT2D eigenvalue weighted by atomic mass is 32.2. The minimum absolute atomic E-state index is 0.0427. The fourth-order valence-electron chi connectivity index (χ4n) is 2.36. The van der Waals surface area contributed by atoms with Crippen molar-refractivity contribution in [2.24, 2.45) is 5.84 Å². The highest BCUT2D eigenvalue weighted by Crippen LogP contribution is 2.26. The van der Waals surface area contributed by atoms with Crippen LogP contribution in [0.5, 0.6) is 0 Å². The van der Waals surface area contributed by atoms with Crippen molar-refractivity contribution in [3.63, 3.8) is 0 Å². The second kappa shape index (κ2) is 5.70. The first kappa shape index (κ1) is 14.6. The van der Waals surface area contributed by atoms with E-state index in [1.165, 1.54) is 0 Å². The van der Waals surface area contributed by atoms with Crippen LogP contribution in [0.1, 0.15) is 17.5 Å². The van der Waals surface area contributed by atoms with Gasteiger partial charge in [0.2, 0.25) is 10.0 Å². The summed E-state index contributed by atoms with van der Waals surface area (Å²) in [5.41, 5.74) is 4.66. The molecule has 106 valence electrons.